The van der Waals surface area contributed by atoms with Crippen molar-refractivity contribution < 1.29 is 9.53 Å². The minimum atomic E-state index is -0.407. The average molecular weight is 899 g/mol. The van der Waals surface area contributed by atoms with Crippen LogP contribution >= 0.6 is 12.2 Å². The van der Waals surface area contributed by atoms with Crippen molar-refractivity contribution in [3.05, 3.63) is 223 Å². The van der Waals surface area contributed by atoms with Gasteiger partial charge in [-0.2, -0.15) is 0 Å². The number of fused-ring (bicyclic) bond motifs is 6. The number of hydrogen-bond donors (Lipinski definition) is 1. The third kappa shape index (κ3) is 9.84. The number of rotatable bonds is 8. The molecule has 0 spiro atoms. The van der Waals surface area contributed by atoms with Crippen molar-refractivity contribution in [3.8, 4) is 28.5 Å². The molecule has 0 saturated carbocycles. The highest BCUT2D eigenvalue weighted by Gasteiger charge is 2.18. The van der Waals surface area contributed by atoms with Crippen LogP contribution in [0.15, 0.2) is 206 Å². The van der Waals surface area contributed by atoms with Crippen LogP contribution in [-0.2, 0) is 11.2 Å². The lowest BCUT2D eigenvalue weighted by atomic mass is 10.1. The molecule has 0 bridgehead atoms. The van der Waals surface area contributed by atoms with Gasteiger partial charge in [0.15, 0.2) is 5.82 Å². The van der Waals surface area contributed by atoms with Crippen molar-refractivity contribution in [2.75, 3.05) is 6.73 Å². The van der Waals surface area contributed by atoms with Gasteiger partial charge in [0, 0.05) is 50.6 Å². The zero-order valence-electron chi connectivity index (χ0n) is 36.1. The molecule has 0 atom stereocenters. The van der Waals surface area contributed by atoms with Gasteiger partial charge in [-0.05, 0) is 109 Å². The fourth-order valence-corrected chi connectivity index (χ4v) is 8.57. The van der Waals surface area contributed by atoms with E-state index < -0.39 is 5.97 Å². The second kappa shape index (κ2) is 21.3. The lowest BCUT2D eigenvalue weighted by Gasteiger charge is -2.10. The Hall–Kier alpha value is -7.98. The molecule has 8 nitrogen and oxygen atoms in total. The summed E-state index contributed by atoms with van der Waals surface area (Å²) in [5, 5.41) is 13.4. The van der Waals surface area contributed by atoms with Crippen LogP contribution in [0.5, 0.6) is 0 Å². The standard InChI is InChI=1S/C27H20N4.C20H16N2O2.C9H10S.2CH4/c1-19-28-29-27(30(19)21-10-4-2-5-11-21)20-16-17-26-24(18-20)23-14-8-9-15-25(23)31(26)22-12-6-3-7-13-22;21-13-24-20(23)14-10-11-19-17(12-14)16-8-4-5-9-18(16)22(19)15-6-2-1-3-7-15;1-8(10)7-9-5-3-2-4-6-9;;/h2-18H,1H3;1-12H,13,21H2;2-6H,7H2,1H3;2*1H4. The number of aromatic nitrogens is 5. The number of nitrogens with two attached hydrogens (primary N) is 1. The zero-order valence-corrected chi connectivity index (χ0v) is 36.9. The summed E-state index contributed by atoms with van der Waals surface area (Å²) in [6, 6.07) is 70.1. The Kier molecular flexibility index (Phi) is 15.0. The quantitative estimate of drug-likeness (QED) is 0.0928. The number of thiocarbonyl (C=S) groups is 1. The molecular weight excluding hydrogens is 845 g/mol. The van der Waals surface area contributed by atoms with Gasteiger partial charge >= 0.3 is 5.97 Å². The third-order valence-electron chi connectivity index (χ3n) is 11.2. The average Bonchev–Trinajstić information content (AvgIpc) is 4.02. The van der Waals surface area contributed by atoms with Crippen LogP contribution in [0.4, 0.5) is 0 Å². The van der Waals surface area contributed by atoms with Crippen molar-refractivity contribution in [2.24, 2.45) is 5.73 Å². The van der Waals surface area contributed by atoms with Crippen LogP contribution in [0.1, 0.15) is 43.5 Å². The smallest absolute Gasteiger partial charge is 0.339 e. The molecule has 334 valence electrons. The maximum Gasteiger partial charge on any atom is 0.339 e. The number of esters is 1. The molecule has 2 N–H and O–H groups in total. The van der Waals surface area contributed by atoms with Crippen molar-refractivity contribution in [2.45, 2.75) is 35.1 Å². The van der Waals surface area contributed by atoms with E-state index in [2.05, 4.69) is 139 Å². The highest BCUT2D eigenvalue weighted by atomic mass is 32.1. The van der Waals surface area contributed by atoms with Crippen LogP contribution in [-0.4, -0.2) is 41.5 Å². The van der Waals surface area contributed by atoms with E-state index in [-0.39, 0.29) is 21.6 Å². The molecule has 0 fully saturated rings. The molecule has 9 heteroatoms. The van der Waals surface area contributed by atoms with Gasteiger partial charge in [0.05, 0.1) is 27.6 Å². The van der Waals surface area contributed by atoms with Gasteiger partial charge in [-0.25, -0.2) is 4.79 Å². The largest absolute Gasteiger partial charge is 0.446 e. The molecule has 3 aromatic heterocycles. The first kappa shape index (κ1) is 47.0. The van der Waals surface area contributed by atoms with Crippen molar-refractivity contribution in [3.63, 3.8) is 0 Å². The molecule has 11 aromatic rings. The Bertz CT molecular complexity index is 3420. The summed E-state index contributed by atoms with van der Waals surface area (Å²) in [6.45, 7) is 3.84. The molecule has 0 unspecified atom stereocenters. The SMILES string of the molecule is C.C.CC(=S)Cc1ccccc1.Cc1nnc(-c2ccc3c(c2)c2ccccc2n3-c2ccccc2)n1-c1ccccc1.NCOC(=O)c1ccc2c(c1)c1ccccc1n2-c1ccccc1. The van der Waals surface area contributed by atoms with Gasteiger partial charge in [-0.3, -0.25) is 10.3 Å². The first-order valence-corrected chi connectivity index (χ1v) is 21.9. The first-order chi connectivity index (χ1) is 31.9. The molecule has 11 rings (SSSR count). The molecule has 67 heavy (non-hydrogen) atoms. The van der Waals surface area contributed by atoms with Crippen LogP contribution < -0.4 is 5.73 Å². The Morgan fingerprint density at radius 2 is 0.955 bits per heavy atom. The number of nitrogens with zero attached hydrogens (tertiary/aromatic N) is 5. The third-order valence-corrected chi connectivity index (χ3v) is 11.4. The summed E-state index contributed by atoms with van der Waals surface area (Å²) >= 11 is 4.98. The summed E-state index contributed by atoms with van der Waals surface area (Å²) in [5.74, 6) is 1.31. The summed E-state index contributed by atoms with van der Waals surface area (Å²) < 4.78 is 11.5. The number of ether oxygens (including phenoxy) is 1. The highest BCUT2D eigenvalue weighted by Crippen LogP contribution is 2.36. The van der Waals surface area contributed by atoms with Crippen LogP contribution in [0.25, 0.3) is 72.1 Å². The van der Waals surface area contributed by atoms with Crippen molar-refractivity contribution >= 4 is 66.7 Å². The molecule has 0 saturated heterocycles. The highest BCUT2D eigenvalue weighted by molar-refractivity contribution is 7.80. The van der Waals surface area contributed by atoms with E-state index in [4.69, 9.17) is 22.7 Å². The summed E-state index contributed by atoms with van der Waals surface area (Å²) in [5.41, 5.74) is 16.0. The van der Waals surface area contributed by atoms with Crippen molar-refractivity contribution in [1.82, 2.24) is 23.9 Å². The maximum atomic E-state index is 12.0. The van der Waals surface area contributed by atoms with Gasteiger partial charge in [-0.15, -0.1) is 10.2 Å². The van der Waals surface area contributed by atoms with Gasteiger partial charge in [0.2, 0.25) is 0 Å². The predicted molar refractivity (Wildman–Crippen MR) is 283 cm³/mol. The number of benzene rings is 8. The Balaban J connectivity index is 0.000000165. The van der Waals surface area contributed by atoms with E-state index in [1.807, 2.05) is 98.8 Å². The molecule has 0 amide bonds. The number of hydrogen-bond acceptors (Lipinski definition) is 6. The van der Waals surface area contributed by atoms with Crippen LogP contribution in [0.2, 0.25) is 0 Å². The summed E-state index contributed by atoms with van der Waals surface area (Å²) in [6.07, 6.45) is 0.927. The van der Waals surface area contributed by atoms with E-state index in [1.165, 1.54) is 27.4 Å². The van der Waals surface area contributed by atoms with Gasteiger partial charge in [-0.1, -0.05) is 148 Å². The lowest BCUT2D eigenvalue weighted by Crippen LogP contribution is -2.11. The minimum Gasteiger partial charge on any atom is -0.446 e. The Morgan fingerprint density at radius 1 is 0.522 bits per heavy atom. The van der Waals surface area contributed by atoms with Gasteiger partial charge in [0.1, 0.15) is 12.6 Å². The van der Waals surface area contributed by atoms with Crippen LogP contribution in [0.3, 0.4) is 0 Å². The number of para-hydroxylation sites is 5. The fourth-order valence-electron chi connectivity index (χ4n) is 8.40. The molecule has 0 aliphatic rings. The Labute approximate surface area is 397 Å². The summed E-state index contributed by atoms with van der Waals surface area (Å²) in [7, 11) is 0. The number of aryl methyl sites for hydroxylation is 1. The second-order valence-electron chi connectivity index (χ2n) is 15.5. The van der Waals surface area contributed by atoms with E-state index >= 15 is 0 Å². The maximum absolute atomic E-state index is 12.0. The van der Waals surface area contributed by atoms with Gasteiger partial charge in [0.25, 0.3) is 0 Å². The minimum absolute atomic E-state index is 0. The Morgan fingerprint density at radius 3 is 1.46 bits per heavy atom. The second-order valence-corrected chi connectivity index (χ2v) is 16.2. The van der Waals surface area contributed by atoms with Crippen molar-refractivity contribution in [1.29, 1.82) is 0 Å². The predicted octanol–water partition coefficient (Wildman–Crippen LogP) is 14.1. The molecule has 3 heterocycles. The zero-order chi connectivity index (χ0) is 44.7. The molecule has 0 aliphatic heterocycles. The molecular formula is C58H54N6O2S. The monoisotopic (exact) mass is 898 g/mol. The van der Waals surface area contributed by atoms with E-state index in [1.54, 1.807) is 6.07 Å². The lowest BCUT2D eigenvalue weighted by molar-refractivity contribution is 0.0515. The fraction of sp³-hybridized carbons (Fsp3) is 0.103. The first-order valence-electron chi connectivity index (χ1n) is 21.4. The topological polar surface area (TPSA) is 92.9 Å². The number of carbonyl (C=O) groups excluding carboxylic acids is 1. The molecule has 0 radical (unpaired) electrons. The van der Waals surface area contributed by atoms with E-state index in [9.17, 15) is 4.79 Å². The van der Waals surface area contributed by atoms with Gasteiger partial charge < -0.3 is 13.9 Å². The molecule has 8 aromatic carbocycles. The van der Waals surface area contributed by atoms with E-state index in [0.29, 0.717) is 5.56 Å². The van der Waals surface area contributed by atoms with Crippen LogP contribution in [0, 0.1) is 6.92 Å². The van der Waals surface area contributed by atoms with E-state index in [0.717, 1.165) is 67.4 Å². The molecule has 0 aliphatic carbocycles. The number of carbonyl (C=O) groups is 1. The summed E-state index contributed by atoms with van der Waals surface area (Å²) in [4.78, 5) is 13.0. The normalized spacial score (nSPS) is 10.6.